The second-order valence-electron chi connectivity index (χ2n) is 3.88. The second kappa shape index (κ2) is 5.54. The molecule has 1 unspecified atom stereocenters. The summed E-state index contributed by atoms with van der Waals surface area (Å²) in [6, 6.07) is 2.12. The number of halogens is 3. The van der Waals surface area contributed by atoms with Crippen LogP contribution in [0.2, 0.25) is 5.02 Å². The molecule has 0 aromatic heterocycles. The fraction of sp³-hybridized carbons (Fsp3) is 0.400. The summed E-state index contributed by atoms with van der Waals surface area (Å²) in [5, 5.41) is 3.14. The largest absolute Gasteiger partial charge is 0.379 e. The van der Waals surface area contributed by atoms with Crippen molar-refractivity contribution in [3.8, 4) is 0 Å². The van der Waals surface area contributed by atoms with E-state index >= 15 is 0 Å². The molecule has 7 heteroatoms. The molecule has 0 fully saturated rings. The Morgan fingerprint density at radius 1 is 1.53 bits per heavy atom. The van der Waals surface area contributed by atoms with Crippen LogP contribution >= 0.6 is 27.5 Å². The van der Waals surface area contributed by atoms with Gasteiger partial charge >= 0.3 is 0 Å². The molecule has 0 aliphatic carbocycles. The third kappa shape index (κ3) is 4.81. The molecule has 0 spiro atoms. The summed E-state index contributed by atoms with van der Waals surface area (Å²) in [4.78, 5) is 0. The Hall–Kier alpha value is -0.330. The fourth-order valence-corrected chi connectivity index (χ4v) is 3.34. The van der Waals surface area contributed by atoms with E-state index < -0.39 is 15.7 Å². The molecule has 3 nitrogen and oxygen atoms in total. The maximum atomic E-state index is 13.0. The van der Waals surface area contributed by atoms with Gasteiger partial charge in [0.25, 0.3) is 0 Å². The molecule has 96 valence electrons. The third-order valence-corrected chi connectivity index (χ3v) is 3.98. The van der Waals surface area contributed by atoms with Gasteiger partial charge in [-0.2, -0.15) is 0 Å². The van der Waals surface area contributed by atoms with Gasteiger partial charge in [0.15, 0.2) is 0 Å². The summed E-state index contributed by atoms with van der Waals surface area (Å²) < 4.78 is 35.7. The predicted octanol–water partition coefficient (Wildman–Crippen LogP) is 3.09. The fourth-order valence-electron chi connectivity index (χ4n) is 1.42. The van der Waals surface area contributed by atoms with Crippen molar-refractivity contribution in [1.29, 1.82) is 0 Å². The number of hydrogen-bond donors (Lipinski definition) is 1. The first kappa shape index (κ1) is 14.7. The van der Waals surface area contributed by atoms with Crippen molar-refractivity contribution < 1.29 is 12.8 Å². The van der Waals surface area contributed by atoms with Gasteiger partial charge in [0, 0.05) is 16.8 Å². The van der Waals surface area contributed by atoms with Crippen molar-refractivity contribution in [3.05, 3.63) is 27.4 Å². The molecule has 1 N–H and O–H groups in total. The Balaban J connectivity index is 2.89. The highest BCUT2D eigenvalue weighted by Gasteiger charge is 2.14. The molecule has 1 rings (SSSR count). The zero-order chi connectivity index (χ0) is 13.2. The van der Waals surface area contributed by atoms with E-state index in [0.717, 1.165) is 6.26 Å². The van der Waals surface area contributed by atoms with Crippen molar-refractivity contribution in [2.45, 2.75) is 13.0 Å². The second-order valence-corrected chi connectivity index (χ2v) is 7.33. The molecule has 0 saturated heterocycles. The smallest absolute Gasteiger partial charge is 0.149 e. The zero-order valence-electron chi connectivity index (χ0n) is 9.30. The number of anilines is 1. The molecule has 0 saturated carbocycles. The number of rotatable bonds is 4. The molecule has 0 aliphatic rings. The molecular weight excluding hydrogens is 333 g/mol. The van der Waals surface area contributed by atoms with Crippen LogP contribution in [0.4, 0.5) is 10.1 Å². The van der Waals surface area contributed by atoms with Gasteiger partial charge in [0.1, 0.15) is 15.7 Å². The van der Waals surface area contributed by atoms with E-state index in [9.17, 15) is 12.8 Å². The minimum atomic E-state index is -3.07. The van der Waals surface area contributed by atoms with E-state index in [1.54, 1.807) is 6.92 Å². The van der Waals surface area contributed by atoms with Gasteiger partial charge in [-0.05, 0) is 35.0 Å². The van der Waals surface area contributed by atoms with Crippen molar-refractivity contribution in [3.63, 3.8) is 0 Å². The number of nitrogens with one attached hydrogen (secondary N) is 1. The summed E-state index contributed by atoms with van der Waals surface area (Å²) in [5.74, 6) is -0.476. The lowest BCUT2D eigenvalue weighted by atomic mass is 10.3. The van der Waals surface area contributed by atoms with Gasteiger partial charge in [-0.3, -0.25) is 0 Å². The highest BCUT2D eigenvalue weighted by molar-refractivity contribution is 9.10. The number of benzene rings is 1. The van der Waals surface area contributed by atoms with Gasteiger partial charge in [0.05, 0.1) is 16.5 Å². The number of hydrogen-bond acceptors (Lipinski definition) is 3. The predicted molar refractivity (Wildman–Crippen MR) is 71.9 cm³/mol. The Morgan fingerprint density at radius 2 is 2.12 bits per heavy atom. The molecule has 17 heavy (non-hydrogen) atoms. The van der Waals surface area contributed by atoms with E-state index in [4.69, 9.17) is 11.6 Å². The zero-order valence-corrected chi connectivity index (χ0v) is 12.5. The van der Waals surface area contributed by atoms with Gasteiger partial charge < -0.3 is 5.32 Å². The lowest BCUT2D eigenvalue weighted by Gasteiger charge is -2.16. The van der Waals surface area contributed by atoms with Crippen LogP contribution in [0.15, 0.2) is 16.6 Å². The van der Waals surface area contributed by atoms with E-state index in [1.807, 2.05) is 0 Å². The van der Waals surface area contributed by atoms with Crippen LogP contribution in [-0.2, 0) is 9.84 Å². The summed E-state index contributed by atoms with van der Waals surface area (Å²) in [6.07, 6.45) is 1.16. The first-order chi connectivity index (χ1) is 7.69. The van der Waals surface area contributed by atoms with Crippen LogP contribution in [0.3, 0.4) is 0 Å². The molecule has 1 aromatic rings. The summed E-state index contributed by atoms with van der Waals surface area (Å²) in [7, 11) is -3.07. The Labute approximate surface area is 113 Å². The number of sulfone groups is 1. The third-order valence-electron chi connectivity index (χ3n) is 1.95. The Bertz CT molecular complexity index is 498. The SMILES string of the molecule is CC(CS(C)(=O)=O)Nc1c(Cl)cc(F)cc1Br. The van der Waals surface area contributed by atoms with E-state index in [1.165, 1.54) is 12.1 Å². The van der Waals surface area contributed by atoms with Crippen LogP contribution < -0.4 is 5.32 Å². The van der Waals surface area contributed by atoms with Crippen LogP contribution in [-0.4, -0.2) is 26.5 Å². The minimum absolute atomic E-state index is 0.0207. The van der Waals surface area contributed by atoms with E-state index in [-0.39, 0.29) is 16.8 Å². The maximum Gasteiger partial charge on any atom is 0.149 e. The van der Waals surface area contributed by atoms with Gasteiger partial charge in [-0.1, -0.05) is 11.6 Å². The molecular formula is C10H12BrClFNO2S. The van der Waals surface area contributed by atoms with E-state index in [0.29, 0.717) is 10.2 Å². The summed E-state index contributed by atoms with van der Waals surface area (Å²) in [6.45, 7) is 1.72. The molecule has 0 radical (unpaired) electrons. The highest BCUT2D eigenvalue weighted by Crippen LogP contribution is 2.32. The van der Waals surface area contributed by atoms with Crippen LogP contribution in [0.25, 0.3) is 0 Å². The quantitative estimate of drug-likeness (QED) is 0.913. The van der Waals surface area contributed by atoms with Crippen LogP contribution in [0.5, 0.6) is 0 Å². The van der Waals surface area contributed by atoms with Gasteiger partial charge in [-0.25, -0.2) is 12.8 Å². The average Bonchev–Trinajstić information content (AvgIpc) is 2.08. The minimum Gasteiger partial charge on any atom is -0.379 e. The van der Waals surface area contributed by atoms with Crippen molar-refractivity contribution in [2.75, 3.05) is 17.3 Å². The molecule has 0 aliphatic heterocycles. The lowest BCUT2D eigenvalue weighted by molar-refractivity contribution is 0.597. The maximum absolute atomic E-state index is 13.0. The van der Waals surface area contributed by atoms with Gasteiger partial charge in [-0.15, -0.1) is 0 Å². The molecule has 0 heterocycles. The molecule has 1 aromatic carbocycles. The van der Waals surface area contributed by atoms with Crippen LogP contribution in [0.1, 0.15) is 6.92 Å². The van der Waals surface area contributed by atoms with Gasteiger partial charge in [0.2, 0.25) is 0 Å². The van der Waals surface area contributed by atoms with Crippen molar-refractivity contribution in [2.24, 2.45) is 0 Å². The average molecular weight is 345 g/mol. The Morgan fingerprint density at radius 3 is 2.59 bits per heavy atom. The molecule has 0 amide bonds. The highest BCUT2D eigenvalue weighted by atomic mass is 79.9. The monoisotopic (exact) mass is 343 g/mol. The lowest BCUT2D eigenvalue weighted by Crippen LogP contribution is -2.25. The summed E-state index contributed by atoms with van der Waals surface area (Å²) >= 11 is 9.04. The van der Waals surface area contributed by atoms with Crippen molar-refractivity contribution >= 4 is 43.1 Å². The first-order valence-electron chi connectivity index (χ1n) is 4.78. The first-order valence-corrected chi connectivity index (χ1v) is 8.01. The summed E-state index contributed by atoms with van der Waals surface area (Å²) in [5.41, 5.74) is 0.490. The van der Waals surface area contributed by atoms with Crippen molar-refractivity contribution in [1.82, 2.24) is 0 Å². The Kier molecular flexibility index (Phi) is 4.80. The van der Waals surface area contributed by atoms with E-state index in [2.05, 4.69) is 21.2 Å². The molecule has 0 bridgehead atoms. The topological polar surface area (TPSA) is 46.2 Å². The standard InChI is InChI=1S/C10H12BrClFNO2S/c1-6(5-17(2,15)16)14-10-8(11)3-7(13)4-9(10)12/h3-4,6,14H,5H2,1-2H3. The normalized spacial score (nSPS) is 13.5. The van der Waals surface area contributed by atoms with Crippen LogP contribution in [0, 0.1) is 5.82 Å². The molecule has 1 atom stereocenters.